The molecule has 0 bridgehead atoms. The number of carbonyl (C=O) groups is 1. The third-order valence-corrected chi connectivity index (χ3v) is 7.29. The molecule has 8 heteroatoms. The van der Waals surface area contributed by atoms with E-state index in [0.717, 1.165) is 62.5 Å². The summed E-state index contributed by atoms with van der Waals surface area (Å²) in [6, 6.07) is 8.95. The fourth-order valence-corrected chi connectivity index (χ4v) is 5.15. The SMILES string of the molecule is CCCCC(Cc1c[nH]c2ccccc12)NC(=O)c1nnc(N2CCN(C(C)C)CC2)s1. The lowest BCUT2D eigenvalue weighted by Crippen LogP contribution is -2.48. The number of nitrogens with zero attached hydrogens (tertiary/aromatic N) is 4. The molecular formula is C24H34N6OS. The van der Waals surface area contributed by atoms with Gasteiger partial charge < -0.3 is 15.2 Å². The average molecular weight is 455 g/mol. The van der Waals surface area contributed by atoms with Crippen LogP contribution in [0.15, 0.2) is 30.5 Å². The summed E-state index contributed by atoms with van der Waals surface area (Å²) in [4.78, 5) is 21.1. The highest BCUT2D eigenvalue weighted by molar-refractivity contribution is 7.17. The maximum absolute atomic E-state index is 13.0. The molecule has 2 N–H and O–H groups in total. The molecule has 7 nitrogen and oxygen atoms in total. The molecule has 4 rings (SSSR count). The van der Waals surface area contributed by atoms with Crippen molar-refractivity contribution in [2.75, 3.05) is 31.1 Å². The number of piperazine rings is 1. The number of aromatic nitrogens is 3. The molecule has 1 aromatic carbocycles. The second-order valence-electron chi connectivity index (χ2n) is 8.88. The van der Waals surface area contributed by atoms with Crippen LogP contribution < -0.4 is 10.2 Å². The van der Waals surface area contributed by atoms with E-state index in [1.165, 1.54) is 22.3 Å². The predicted octanol–water partition coefficient (Wildman–Crippen LogP) is 4.08. The van der Waals surface area contributed by atoms with Crippen molar-refractivity contribution in [2.45, 2.75) is 58.5 Å². The monoisotopic (exact) mass is 454 g/mol. The van der Waals surface area contributed by atoms with Crippen molar-refractivity contribution < 1.29 is 4.79 Å². The first-order chi connectivity index (χ1) is 15.5. The van der Waals surface area contributed by atoms with E-state index in [1.54, 1.807) is 0 Å². The number of H-pyrrole nitrogens is 1. The van der Waals surface area contributed by atoms with Gasteiger partial charge >= 0.3 is 0 Å². The highest BCUT2D eigenvalue weighted by Crippen LogP contribution is 2.23. The van der Waals surface area contributed by atoms with Crippen molar-refractivity contribution in [3.05, 3.63) is 41.0 Å². The molecule has 1 saturated heterocycles. The largest absolute Gasteiger partial charge is 0.361 e. The second kappa shape index (κ2) is 10.4. The predicted molar refractivity (Wildman–Crippen MR) is 132 cm³/mol. The van der Waals surface area contributed by atoms with Crippen LogP contribution in [0, 0.1) is 0 Å². The van der Waals surface area contributed by atoms with E-state index in [0.29, 0.717) is 11.0 Å². The Balaban J connectivity index is 1.40. The number of rotatable bonds is 9. The Hall–Kier alpha value is -2.45. The molecule has 1 atom stereocenters. The van der Waals surface area contributed by atoms with Crippen LogP contribution in [0.3, 0.4) is 0 Å². The number of carbonyl (C=O) groups excluding carboxylic acids is 1. The number of hydrogen-bond donors (Lipinski definition) is 2. The summed E-state index contributed by atoms with van der Waals surface area (Å²) in [7, 11) is 0. The van der Waals surface area contributed by atoms with Crippen LogP contribution in [0.1, 0.15) is 55.4 Å². The normalized spacial score (nSPS) is 16.1. The molecule has 0 radical (unpaired) electrons. The van der Waals surface area contributed by atoms with Crippen LogP contribution in [-0.2, 0) is 6.42 Å². The third-order valence-electron chi connectivity index (χ3n) is 6.31. The summed E-state index contributed by atoms with van der Waals surface area (Å²) in [5.74, 6) is -0.115. The summed E-state index contributed by atoms with van der Waals surface area (Å²) in [6.45, 7) is 10.5. The minimum Gasteiger partial charge on any atom is -0.361 e. The van der Waals surface area contributed by atoms with Crippen molar-refractivity contribution in [3.63, 3.8) is 0 Å². The van der Waals surface area contributed by atoms with Gasteiger partial charge in [0.15, 0.2) is 0 Å². The Labute approximate surface area is 194 Å². The number of hydrogen-bond acceptors (Lipinski definition) is 6. The van der Waals surface area contributed by atoms with Crippen LogP contribution >= 0.6 is 11.3 Å². The minimum absolute atomic E-state index is 0.0728. The highest BCUT2D eigenvalue weighted by atomic mass is 32.1. The van der Waals surface area contributed by atoms with Crippen LogP contribution in [0.5, 0.6) is 0 Å². The fraction of sp³-hybridized carbons (Fsp3) is 0.542. The Kier molecular flexibility index (Phi) is 7.42. The van der Waals surface area contributed by atoms with Gasteiger partial charge in [0.05, 0.1) is 0 Å². The van der Waals surface area contributed by atoms with Crippen molar-refractivity contribution >= 4 is 33.3 Å². The van der Waals surface area contributed by atoms with E-state index in [-0.39, 0.29) is 11.9 Å². The molecule has 0 saturated carbocycles. The first kappa shape index (κ1) is 22.7. The number of fused-ring (bicyclic) bond motifs is 1. The van der Waals surface area contributed by atoms with E-state index in [2.05, 4.69) is 75.5 Å². The zero-order valence-corrected chi connectivity index (χ0v) is 20.1. The lowest BCUT2D eigenvalue weighted by atomic mass is 10.0. The number of para-hydroxylation sites is 1. The van der Waals surface area contributed by atoms with Crippen LogP contribution in [0.25, 0.3) is 10.9 Å². The third kappa shape index (κ3) is 5.30. The van der Waals surface area contributed by atoms with Crippen molar-refractivity contribution in [1.82, 2.24) is 25.4 Å². The second-order valence-corrected chi connectivity index (χ2v) is 9.84. The van der Waals surface area contributed by atoms with Gasteiger partial charge in [0.2, 0.25) is 10.1 Å². The van der Waals surface area contributed by atoms with Gasteiger partial charge in [-0.2, -0.15) is 0 Å². The summed E-state index contributed by atoms with van der Waals surface area (Å²) in [5.41, 5.74) is 2.37. The van der Waals surface area contributed by atoms with Gasteiger partial charge in [0.25, 0.3) is 5.91 Å². The van der Waals surface area contributed by atoms with Crippen molar-refractivity contribution in [3.8, 4) is 0 Å². The Morgan fingerprint density at radius 2 is 1.97 bits per heavy atom. The highest BCUT2D eigenvalue weighted by Gasteiger charge is 2.24. The molecule has 1 unspecified atom stereocenters. The van der Waals surface area contributed by atoms with Gasteiger partial charge in [0.1, 0.15) is 0 Å². The van der Waals surface area contributed by atoms with Gasteiger partial charge in [-0.25, -0.2) is 0 Å². The Morgan fingerprint density at radius 3 is 2.72 bits per heavy atom. The summed E-state index contributed by atoms with van der Waals surface area (Å²) in [6.07, 6.45) is 6.00. The van der Waals surface area contributed by atoms with Gasteiger partial charge in [-0.15, -0.1) is 10.2 Å². The van der Waals surface area contributed by atoms with E-state index >= 15 is 0 Å². The maximum Gasteiger partial charge on any atom is 0.282 e. The molecule has 3 aromatic rings. The molecule has 0 spiro atoms. The van der Waals surface area contributed by atoms with Crippen molar-refractivity contribution in [2.24, 2.45) is 0 Å². The summed E-state index contributed by atoms with van der Waals surface area (Å²) in [5, 5.41) is 14.3. The van der Waals surface area contributed by atoms with Crippen LogP contribution in [-0.4, -0.2) is 64.3 Å². The average Bonchev–Trinajstić information content (AvgIpc) is 3.45. The van der Waals surface area contributed by atoms with Crippen molar-refractivity contribution in [1.29, 1.82) is 0 Å². The van der Waals surface area contributed by atoms with Crippen LogP contribution in [0.2, 0.25) is 0 Å². The number of amides is 1. The molecule has 1 fully saturated rings. The zero-order valence-electron chi connectivity index (χ0n) is 19.3. The topological polar surface area (TPSA) is 77.1 Å². The molecule has 3 heterocycles. The number of aromatic amines is 1. The molecule has 172 valence electrons. The first-order valence-corrected chi connectivity index (χ1v) is 12.5. The quantitative estimate of drug-likeness (QED) is 0.509. The van der Waals surface area contributed by atoms with Crippen LogP contribution in [0.4, 0.5) is 5.13 Å². The van der Waals surface area contributed by atoms with E-state index < -0.39 is 0 Å². The molecule has 1 aliphatic heterocycles. The minimum atomic E-state index is -0.115. The zero-order chi connectivity index (χ0) is 22.5. The Bertz CT molecular complexity index is 1020. The molecular weight excluding hydrogens is 420 g/mol. The lowest BCUT2D eigenvalue weighted by molar-refractivity contribution is 0.0933. The molecule has 2 aromatic heterocycles. The molecule has 32 heavy (non-hydrogen) atoms. The molecule has 1 amide bonds. The smallest absolute Gasteiger partial charge is 0.282 e. The van der Waals surface area contributed by atoms with Gasteiger partial charge in [-0.05, 0) is 38.3 Å². The number of anilines is 1. The standard InChI is InChI=1S/C24H34N6OS/c1-4-5-8-19(15-18-16-25-21-10-7-6-9-20(18)21)26-22(31)23-27-28-24(32-23)30-13-11-29(12-14-30)17(2)3/h6-7,9-10,16-17,19,25H,4-5,8,11-15H2,1-3H3,(H,26,31). The van der Waals surface area contributed by atoms with E-state index in [9.17, 15) is 4.79 Å². The first-order valence-electron chi connectivity index (χ1n) is 11.7. The number of benzene rings is 1. The fourth-order valence-electron chi connectivity index (χ4n) is 4.35. The summed E-state index contributed by atoms with van der Waals surface area (Å²) >= 11 is 1.40. The maximum atomic E-state index is 13.0. The number of nitrogens with one attached hydrogen (secondary N) is 2. The summed E-state index contributed by atoms with van der Waals surface area (Å²) < 4.78 is 0. The lowest BCUT2D eigenvalue weighted by Gasteiger charge is -2.36. The van der Waals surface area contributed by atoms with Gasteiger partial charge in [-0.1, -0.05) is 49.3 Å². The van der Waals surface area contributed by atoms with Gasteiger partial charge in [-0.3, -0.25) is 9.69 Å². The van der Waals surface area contributed by atoms with Gasteiger partial charge in [0, 0.05) is 55.4 Å². The Morgan fingerprint density at radius 1 is 1.19 bits per heavy atom. The van der Waals surface area contributed by atoms with E-state index in [4.69, 9.17) is 0 Å². The van der Waals surface area contributed by atoms with E-state index in [1.807, 2.05) is 6.07 Å². The number of unbranched alkanes of at least 4 members (excludes halogenated alkanes) is 1. The molecule has 1 aliphatic rings. The molecule has 0 aliphatic carbocycles.